The van der Waals surface area contributed by atoms with E-state index in [1.54, 1.807) is 0 Å². The number of hydrogen-bond donors (Lipinski definition) is 4. The normalized spacial score (nSPS) is 21.8. The highest BCUT2D eigenvalue weighted by atomic mass is 32.2. The van der Waals surface area contributed by atoms with Crippen LogP contribution in [0.5, 0.6) is 0 Å². The van der Waals surface area contributed by atoms with Gasteiger partial charge in [0.15, 0.2) is 6.29 Å². The predicted molar refractivity (Wildman–Crippen MR) is 172 cm³/mol. The maximum atomic E-state index is 14.1. The largest absolute Gasteiger partial charge is 0.481 e. The van der Waals surface area contributed by atoms with E-state index in [1.165, 1.54) is 0 Å². The summed E-state index contributed by atoms with van der Waals surface area (Å²) < 4.78 is 6.51. The first-order chi connectivity index (χ1) is 19.9. The highest BCUT2D eigenvalue weighted by Crippen LogP contribution is 2.50. The van der Waals surface area contributed by atoms with Crippen LogP contribution in [0.3, 0.4) is 0 Å². The molecule has 244 valence electrons. The molecule has 1 saturated carbocycles. The number of rotatable bonds is 15. The summed E-state index contributed by atoms with van der Waals surface area (Å²) >= 11 is 1.14. The first kappa shape index (κ1) is 36.7. The van der Waals surface area contributed by atoms with Gasteiger partial charge in [0.1, 0.15) is 22.7 Å². The lowest BCUT2D eigenvalue weighted by Gasteiger charge is -2.50. The summed E-state index contributed by atoms with van der Waals surface area (Å²) in [5, 5.41) is 20.5. The highest BCUT2D eigenvalue weighted by Gasteiger charge is 2.48. The molecule has 0 bridgehead atoms. The first-order valence-corrected chi connectivity index (χ1v) is 16.6. The molecular weight excluding hydrogens is 568 g/mol. The first-order valence-electron chi connectivity index (χ1n) is 15.6. The second-order valence-electron chi connectivity index (χ2n) is 14.6. The van der Waals surface area contributed by atoms with E-state index < -0.39 is 29.6 Å². The van der Waals surface area contributed by atoms with Crippen LogP contribution in [-0.4, -0.2) is 63.0 Å². The van der Waals surface area contributed by atoms with E-state index >= 15 is 0 Å². The van der Waals surface area contributed by atoms with Crippen LogP contribution in [0.25, 0.3) is 0 Å². The Morgan fingerprint density at radius 3 is 2.07 bits per heavy atom. The monoisotopic (exact) mass is 622 g/mol. The van der Waals surface area contributed by atoms with Gasteiger partial charge in [-0.1, -0.05) is 68.7 Å². The van der Waals surface area contributed by atoms with Crippen molar-refractivity contribution in [2.45, 2.75) is 118 Å². The number of aromatic amines is 1. The number of carboxylic acids is 2. The molecule has 0 amide bonds. The van der Waals surface area contributed by atoms with Crippen LogP contribution in [0.1, 0.15) is 133 Å². The summed E-state index contributed by atoms with van der Waals surface area (Å²) in [6.07, 6.45) is 4.35. The predicted octanol–water partition coefficient (Wildman–Crippen LogP) is 7.47. The third-order valence-corrected chi connectivity index (χ3v) is 9.91. The number of carbonyl (C=O) groups is 4. The second kappa shape index (κ2) is 15.5. The van der Waals surface area contributed by atoms with E-state index in [4.69, 9.17) is 9.84 Å². The van der Waals surface area contributed by atoms with Crippen LogP contribution in [0.4, 0.5) is 5.82 Å². The lowest BCUT2D eigenvalue weighted by molar-refractivity contribution is -0.142. The lowest BCUT2D eigenvalue weighted by Crippen LogP contribution is -2.49. The molecule has 2 rings (SSSR count). The molecule has 0 aliphatic heterocycles. The van der Waals surface area contributed by atoms with E-state index in [2.05, 4.69) is 58.8 Å². The molecule has 1 heterocycles. The number of hydrogen-bond acceptors (Lipinski definition) is 7. The minimum atomic E-state index is -1.12. The number of unbranched alkanes of at least 4 members (excludes halogenated alkanes) is 2. The van der Waals surface area contributed by atoms with Crippen LogP contribution in [0.15, 0.2) is 0 Å². The van der Waals surface area contributed by atoms with Crippen molar-refractivity contribution < 1.29 is 34.1 Å². The summed E-state index contributed by atoms with van der Waals surface area (Å²) in [6, 6.07) is 0. The summed E-state index contributed by atoms with van der Waals surface area (Å²) in [5.74, 6) is -0.771. The number of nitrogens with one attached hydrogen (secondary N) is 2. The molecule has 0 radical (unpaired) electrons. The fraction of sp³-hybridized carbons (Fsp3) is 0.758. The molecule has 1 fully saturated rings. The third kappa shape index (κ3) is 10.3. The van der Waals surface area contributed by atoms with E-state index in [0.717, 1.165) is 50.2 Å². The molecule has 43 heavy (non-hydrogen) atoms. The van der Waals surface area contributed by atoms with Crippen molar-refractivity contribution in [2.24, 2.45) is 28.6 Å². The Bertz CT molecular complexity index is 1090. The van der Waals surface area contributed by atoms with E-state index in [9.17, 15) is 24.3 Å². The number of thioether (sulfide) groups is 1. The lowest BCUT2D eigenvalue weighted by atomic mass is 9.59. The molecule has 1 aliphatic rings. The van der Waals surface area contributed by atoms with Gasteiger partial charge in [-0.2, -0.15) is 0 Å². The number of aliphatic carboxylic acids is 2. The SMILES string of the molecule is CC1CC(C(C)(C)C)C(OC(=O)c2c(NCCCCCSC(CC(=O)O)C(=O)O)[nH]c(C=O)c2C(C)C)C(C(C)(C)C)C1. The van der Waals surface area contributed by atoms with Gasteiger partial charge in [-0.25, -0.2) is 4.79 Å². The number of carboxylic acid groups (broad SMARTS) is 2. The molecule has 1 aromatic heterocycles. The number of esters is 1. The van der Waals surface area contributed by atoms with Crippen LogP contribution in [0, 0.1) is 28.6 Å². The number of aromatic nitrogens is 1. The Morgan fingerprint density at radius 1 is 1.02 bits per heavy atom. The molecule has 0 saturated heterocycles. The van der Waals surface area contributed by atoms with Crippen molar-refractivity contribution in [1.82, 2.24) is 4.98 Å². The average molecular weight is 623 g/mol. The minimum Gasteiger partial charge on any atom is -0.481 e. The topological polar surface area (TPSA) is 146 Å². The fourth-order valence-corrected chi connectivity index (χ4v) is 7.40. The van der Waals surface area contributed by atoms with Gasteiger partial charge in [-0.05, 0) is 59.7 Å². The summed E-state index contributed by atoms with van der Waals surface area (Å²) in [4.78, 5) is 51.4. The summed E-state index contributed by atoms with van der Waals surface area (Å²) in [6.45, 7) is 20.1. The molecular formula is C33H54N2O7S. The van der Waals surface area contributed by atoms with Gasteiger partial charge >= 0.3 is 17.9 Å². The van der Waals surface area contributed by atoms with Gasteiger partial charge < -0.3 is 25.3 Å². The smallest absolute Gasteiger partial charge is 0.342 e. The zero-order valence-electron chi connectivity index (χ0n) is 27.5. The molecule has 3 unspecified atom stereocenters. The Hall–Kier alpha value is -2.49. The quantitative estimate of drug-likeness (QED) is 0.0888. The van der Waals surface area contributed by atoms with Crippen molar-refractivity contribution in [3.05, 3.63) is 16.8 Å². The average Bonchev–Trinajstić information content (AvgIpc) is 3.25. The molecule has 0 aromatic carbocycles. The van der Waals surface area contributed by atoms with Crippen LogP contribution in [0.2, 0.25) is 0 Å². The second-order valence-corrected chi connectivity index (χ2v) is 16.0. The molecule has 3 atom stereocenters. The number of aldehydes is 1. The Kier molecular flexibility index (Phi) is 13.2. The van der Waals surface area contributed by atoms with Crippen LogP contribution >= 0.6 is 11.8 Å². The Labute approximate surface area is 261 Å². The molecule has 4 N–H and O–H groups in total. The van der Waals surface area contributed by atoms with Crippen molar-refractivity contribution >= 4 is 41.8 Å². The van der Waals surface area contributed by atoms with Crippen molar-refractivity contribution in [3.63, 3.8) is 0 Å². The third-order valence-electron chi connectivity index (χ3n) is 8.62. The number of carbonyl (C=O) groups excluding carboxylic acids is 2. The maximum absolute atomic E-state index is 14.1. The van der Waals surface area contributed by atoms with E-state index in [-0.39, 0.29) is 34.7 Å². The number of anilines is 1. The van der Waals surface area contributed by atoms with E-state index in [0.29, 0.717) is 40.9 Å². The van der Waals surface area contributed by atoms with Gasteiger partial charge in [0.05, 0.1) is 12.1 Å². The standard InChI is InChI=1S/C33H54N2O7S/c1-19(2)26-23(18-36)35-29(34-13-11-10-12-14-43-24(30(39)40)17-25(37)38)27(26)31(41)42-28-21(32(4,5)6)15-20(3)16-22(28)33(7,8)9/h18-22,24,28,34-35H,10-17H2,1-9H3,(H,37,38)(H,39,40). The van der Waals surface area contributed by atoms with Gasteiger partial charge in [0, 0.05) is 18.4 Å². The highest BCUT2D eigenvalue weighted by molar-refractivity contribution is 8.00. The van der Waals surface area contributed by atoms with Gasteiger partial charge in [-0.15, -0.1) is 11.8 Å². The number of ether oxygens (including phenoxy) is 1. The number of H-pyrrole nitrogens is 1. The molecule has 1 aromatic rings. The summed E-state index contributed by atoms with van der Waals surface area (Å²) in [7, 11) is 0. The molecule has 0 spiro atoms. The Morgan fingerprint density at radius 2 is 1.60 bits per heavy atom. The molecule has 9 nitrogen and oxygen atoms in total. The zero-order valence-corrected chi connectivity index (χ0v) is 28.4. The van der Waals surface area contributed by atoms with Crippen molar-refractivity contribution in [1.29, 1.82) is 0 Å². The van der Waals surface area contributed by atoms with Crippen molar-refractivity contribution in [3.8, 4) is 0 Å². The Balaban J connectivity index is 2.21. The zero-order chi connectivity index (χ0) is 32.7. The summed E-state index contributed by atoms with van der Waals surface area (Å²) in [5.41, 5.74) is 1.32. The van der Waals surface area contributed by atoms with Crippen LogP contribution < -0.4 is 5.32 Å². The minimum absolute atomic E-state index is 0.0480. The van der Waals surface area contributed by atoms with Crippen LogP contribution in [-0.2, 0) is 14.3 Å². The fourth-order valence-electron chi connectivity index (χ4n) is 6.34. The molecule has 10 heteroatoms. The molecule has 1 aliphatic carbocycles. The van der Waals surface area contributed by atoms with Crippen molar-refractivity contribution in [2.75, 3.05) is 17.6 Å². The van der Waals surface area contributed by atoms with Gasteiger partial charge in [0.25, 0.3) is 0 Å². The van der Waals surface area contributed by atoms with E-state index in [1.807, 2.05) is 13.8 Å². The van der Waals surface area contributed by atoms with Gasteiger partial charge in [0.2, 0.25) is 0 Å². The maximum Gasteiger partial charge on any atom is 0.342 e. The van der Waals surface area contributed by atoms with Gasteiger partial charge in [-0.3, -0.25) is 14.4 Å².